The van der Waals surface area contributed by atoms with Gasteiger partial charge in [0.05, 0.1) is 5.56 Å². The zero-order valence-corrected chi connectivity index (χ0v) is 20.6. The summed E-state index contributed by atoms with van der Waals surface area (Å²) in [6.45, 7) is 8.10. The molecule has 188 valence electrons. The topological polar surface area (TPSA) is 76.1 Å². The summed E-state index contributed by atoms with van der Waals surface area (Å²) in [4.78, 5) is 31.0. The van der Waals surface area contributed by atoms with Crippen molar-refractivity contribution in [1.82, 2.24) is 20.0 Å². The third-order valence-corrected chi connectivity index (χ3v) is 7.89. The molecule has 3 fully saturated rings. The number of benzene rings is 1. The molecular formula is C27H42N4O3. The van der Waals surface area contributed by atoms with Crippen LogP contribution in [0.25, 0.3) is 0 Å². The Kier molecular flexibility index (Phi) is 9.22. The van der Waals surface area contributed by atoms with Gasteiger partial charge >= 0.3 is 12.0 Å². The number of hydrogen-bond acceptors (Lipinski definition) is 4. The van der Waals surface area contributed by atoms with E-state index < -0.39 is 5.97 Å². The predicted octanol–water partition coefficient (Wildman–Crippen LogP) is 4.04. The summed E-state index contributed by atoms with van der Waals surface area (Å²) >= 11 is 0. The van der Waals surface area contributed by atoms with E-state index in [1.807, 2.05) is 17.0 Å². The maximum absolute atomic E-state index is 12.6. The minimum Gasteiger partial charge on any atom is -0.478 e. The van der Waals surface area contributed by atoms with Gasteiger partial charge in [0.2, 0.25) is 0 Å². The van der Waals surface area contributed by atoms with Crippen molar-refractivity contribution in [1.29, 1.82) is 0 Å². The largest absolute Gasteiger partial charge is 0.478 e. The summed E-state index contributed by atoms with van der Waals surface area (Å²) in [7, 11) is 0. The van der Waals surface area contributed by atoms with Gasteiger partial charge in [-0.15, -0.1) is 0 Å². The minimum atomic E-state index is -0.878. The molecule has 7 heteroatoms. The lowest BCUT2D eigenvalue weighted by molar-refractivity contribution is 0.0697. The van der Waals surface area contributed by atoms with Crippen LogP contribution in [0.15, 0.2) is 24.3 Å². The molecule has 1 aromatic rings. The van der Waals surface area contributed by atoms with E-state index in [9.17, 15) is 14.7 Å². The van der Waals surface area contributed by atoms with E-state index in [4.69, 9.17) is 0 Å². The molecule has 0 unspecified atom stereocenters. The second-order valence-corrected chi connectivity index (χ2v) is 10.5. The summed E-state index contributed by atoms with van der Waals surface area (Å²) in [6, 6.07) is 7.83. The smallest absolute Gasteiger partial charge is 0.335 e. The number of amides is 2. The Morgan fingerprint density at radius 2 is 1.59 bits per heavy atom. The van der Waals surface area contributed by atoms with Crippen molar-refractivity contribution in [2.45, 2.75) is 70.4 Å². The number of aromatic carboxylic acids is 1. The van der Waals surface area contributed by atoms with E-state index in [0.29, 0.717) is 17.5 Å². The van der Waals surface area contributed by atoms with Gasteiger partial charge in [-0.1, -0.05) is 31.4 Å². The maximum atomic E-state index is 12.6. The Morgan fingerprint density at radius 1 is 0.912 bits per heavy atom. The number of piperidine rings is 2. The summed E-state index contributed by atoms with van der Waals surface area (Å²) < 4.78 is 0. The van der Waals surface area contributed by atoms with Gasteiger partial charge in [0.15, 0.2) is 0 Å². The molecule has 2 heterocycles. The molecule has 0 aromatic heterocycles. The Bertz CT molecular complexity index is 780. The summed E-state index contributed by atoms with van der Waals surface area (Å²) in [6.07, 6.45) is 10.8. The average molecular weight is 471 g/mol. The SMILES string of the molecule is O=C(O)c1ccc(CN(CCN2CCCCC2)CC2CCN(C(=O)NC3CCCC3)CC2)cc1. The van der Waals surface area contributed by atoms with Crippen LogP contribution < -0.4 is 5.32 Å². The van der Waals surface area contributed by atoms with Gasteiger partial charge < -0.3 is 20.2 Å². The number of hydrogen-bond donors (Lipinski definition) is 2. The highest BCUT2D eigenvalue weighted by Gasteiger charge is 2.26. The molecular weight excluding hydrogens is 428 g/mol. The molecule has 0 bridgehead atoms. The van der Waals surface area contributed by atoms with Crippen molar-refractivity contribution in [3.63, 3.8) is 0 Å². The number of nitrogens with one attached hydrogen (secondary N) is 1. The molecule has 0 spiro atoms. The molecule has 2 saturated heterocycles. The van der Waals surface area contributed by atoms with Gasteiger partial charge in [-0.25, -0.2) is 9.59 Å². The van der Waals surface area contributed by atoms with E-state index in [-0.39, 0.29) is 6.03 Å². The Balaban J connectivity index is 1.29. The third-order valence-electron chi connectivity index (χ3n) is 7.89. The average Bonchev–Trinajstić information content (AvgIpc) is 3.37. The highest BCUT2D eigenvalue weighted by Crippen LogP contribution is 2.22. The van der Waals surface area contributed by atoms with Crippen LogP contribution in [-0.2, 0) is 6.54 Å². The highest BCUT2D eigenvalue weighted by molar-refractivity contribution is 5.87. The zero-order chi connectivity index (χ0) is 23.8. The van der Waals surface area contributed by atoms with Crippen LogP contribution >= 0.6 is 0 Å². The van der Waals surface area contributed by atoms with Crippen molar-refractivity contribution in [2.24, 2.45) is 5.92 Å². The van der Waals surface area contributed by atoms with E-state index in [1.54, 1.807) is 12.1 Å². The number of rotatable bonds is 9. The molecule has 2 N–H and O–H groups in total. The molecule has 0 atom stereocenters. The molecule has 2 amide bonds. The minimum absolute atomic E-state index is 0.130. The first-order chi connectivity index (χ1) is 16.6. The van der Waals surface area contributed by atoms with Crippen LogP contribution in [0.1, 0.15) is 73.7 Å². The Morgan fingerprint density at radius 3 is 2.24 bits per heavy atom. The number of likely N-dealkylation sites (tertiary alicyclic amines) is 2. The molecule has 2 aliphatic heterocycles. The van der Waals surface area contributed by atoms with Crippen molar-refractivity contribution >= 4 is 12.0 Å². The van der Waals surface area contributed by atoms with E-state index in [1.165, 1.54) is 45.2 Å². The van der Waals surface area contributed by atoms with E-state index in [0.717, 1.165) is 70.5 Å². The normalized spacial score (nSPS) is 20.7. The van der Waals surface area contributed by atoms with E-state index in [2.05, 4.69) is 15.1 Å². The van der Waals surface area contributed by atoms with Gasteiger partial charge in [-0.2, -0.15) is 0 Å². The van der Waals surface area contributed by atoms with Gasteiger partial charge in [-0.3, -0.25) is 4.90 Å². The molecule has 1 saturated carbocycles. The number of carboxylic acids is 1. The van der Waals surface area contributed by atoms with Crippen molar-refractivity contribution in [3.05, 3.63) is 35.4 Å². The Labute approximate surface area is 204 Å². The second kappa shape index (κ2) is 12.5. The first-order valence-corrected chi connectivity index (χ1v) is 13.4. The lowest BCUT2D eigenvalue weighted by atomic mass is 9.96. The molecule has 0 radical (unpaired) electrons. The van der Waals surface area contributed by atoms with Crippen molar-refractivity contribution in [2.75, 3.05) is 45.8 Å². The highest BCUT2D eigenvalue weighted by atomic mass is 16.4. The van der Waals surface area contributed by atoms with Crippen LogP contribution in [0.5, 0.6) is 0 Å². The van der Waals surface area contributed by atoms with Crippen molar-refractivity contribution in [3.8, 4) is 0 Å². The monoisotopic (exact) mass is 470 g/mol. The number of carbonyl (C=O) groups is 2. The van der Waals surface area contributed by atoms with Crippen molar-refractivity contribution < 1.29 is 14.7 Å². The second-order valence-electron chi connectivity index (χ2n) is 10.5. The van der Waals surface area contributed by atoms with Gasteiger partial charge in [-0.05, 0) is 75.2 Å². The van der Waals surface area contributed by atoms with E-state index >= 15 is 0 Å². The third kappa shape index (κ3) is 7.44. The van der Waals surface area contributed by atoms with Crippen LogP contribution in [0, 0.1) is 5.92 Å². The standard InChI is InChI=1S/C27H42N4O3/c32-26(33)24-10-8-22(9-11-24)20-30(19-18-29-14-4-1-5-15-29)21-23-12-16-31(17-13-23)27(34)28-25-6-2-3-7-25/h8-11,23,25H,1-7,12-21H2,(H,28,34)(H,32,33). The first-order valence-electron chi connectivity index (χ1n) is 13.4. The molecule has 1 aromatic carbocycles. The maximum Gasteiger partial charge on any atom is 0.335 e. The lowest BCUT2D eigenvalue weighted by Gasteiger charge is -2.36. The summed E-state index contributed by atoms with van der Waals surface area (Å²) in [5.74, 6) is -0.285. The van der Waals surface area contributed by atoms with Crippen LogP contribution in [0.4, 0.5) is 4.79 Å². The van der Waals surface area contributed by atoms with Gasteiger partial charge in [0.25, 0.3) is 0 Å². The fourth-order valence-electron chi connectivity index (χ4n) is 5.73. The predicted molar refractivity (Wildman–Crippen MR) is 134 cm³/mol. The number of urea groups is 1. The quantitative estimate of drug-likeness (QED) is 0.570. The number of carbonyl (C=O) groups excluding carboxylic acids is 1. The summed E-state index contributed by atoms with van der Waals surface area (Å²) in [5, 5.41) is 12.4. The lowest BCUT2D eigenvalue weighted by Crippen LogP contribution is -2.48. The van der Waals surface area contributed by atoms with Gasteiger partial charge in [0, 0.05) is 45.3 Å². The molecule has 1 aliphatic carbocycles. The molecule has 4 rings (SSSR count). The molecule has 3 aliphatic rings. The number of carboxylic acid groups (broad SMARTS) is 1. The molecule has 7 nitrogen and oxygen atoms in total. The summed E-state index contributed by atoms with van der Waals surface area (Å²) in [5.41, 5.74) is 1.50. The Hall–Kier alpha value is -2.12. The van der Waals surface area contributed by atoms with Crippen LogP contribution in [0.3, 0.4) is 0 Å². The first kappa shape index (κ1) is 25.0. The number of nitrogens with zero attached hydrogens (tertiary/aromatic N) is 3. The fraction of sp³-hybridized carbons (Fsp3) is 0.704. The van der Waals surface area contributed by atoms with Crippen LogP contribution in [0.2, 0.25) is 0 Å². The molecule has 34 heavy (non-hydrogen) atoms. The van der Waals surface area contributed by atoms with Crippen LogP contribution in [-0.4, -0.2) is 83.7 Å². The van der Waals surface area contributed by atoms with Gasteiger partial charge in [0.1, 0.15) is 0 Å². The fourth-order valence-corrected chi connectivity index (χ4v) is 5.73. The zero-order valence-electron chi connectivity index (χ0n) is 20.6.